The first kappa shape index (κ1) is 20.7. The number of phenols is 1. The largest absolute Gasteiger partial charge is 0.504 e. The Morgan fingerprint density at radius 1 is 1.18 bits per heavy atom. The molecule has 1 saturated heterocycles. The molecular weight excluding hydrogens is 432 g/mol. The minimum atomic E-state index is -3.92. The van der Waals surface area contributed by atoms with Crippen LogP contribution in [0.25, 0.3) is 0 Å². The van der Waals surface area contributed by atoms with Crippen LogP contribution >= 0.6 is 23.2 Å². The lowest BCUT2D eigenvalue weighted by molar-refractivity contribution is 0.262. The van der Waals surface area contributed by atoms with Crippen LogP contribution in [0.5, 0.6) is 5.75 Å². The van der Waals surface area contributed by atoms with Gasteiger partial charge in [-0.15, -0.1) is 0 Å². The number of hydrogen-bond donors (Lipinski definition) is 4. The van der Waals surface area contributed by atoms with Crippen LogP contribution in [0.1, 0.15) is 6.42 Å². The molecular formula is C17H16Cl2FN3O4S. The van der Waals surface area contributed by atoms with E-state index in [0.717, 1.165) is 6.07 Å². The number of rotatable bonds is 4. The van der Waals surface area contributed by atoms with E-state index in [4.69, 9.17) is 23.2 Å². The summed E-state index contributed by atoms with van der Waals surface area (Å²) < 4.78 is 39.1. The molecule has 1 atom stereocenters. The second-order valence-electron chi connectivity index (χ2n) is 6.11. The number of anilines is 2. The third-order valence-electron chi connectivity index (χ3n) is 4.27. The van der Waals surface area contributed by atoms with Crippen LogP contribution < -0.4 is 16.0 Å². The third kappa shape index (κ3) is 4.02. The lowest BCUT2D eigenvalue weighted by Gasteiger charge is -2.16. The molecule has 1 aliphatic heterocycles. The summed E-state index contributed by atoms with van der Waals surface area (Å²) in [6.07, 6.45) is 0.383. The van der Waals surface area contributed by atoms with Gasteiger partial charge < -0.3 is 21.1 Å². The number of halogens is 3. The summed E-state index contributed by atoms with van der Waals surface area (Å²) in [7, 11) is -3.92. The zero-order chi connectivity index (χ0) is 20.5. The van der Waals surface area contributed by atoms with Gasteiger partial charge in [0.05, 0.1) is 26.7 Å². The first-order valence-electron chi connectivity index (χ1n) is 8.20. The molecule has 0 spiro atoms. The lowest BCUT2D eigenvalue weighted by atomic mass is 10.3. The zero-order valence-corrected chi connectivity index (χ0v) is 16.6. The maximum Gasteiger partial charge on any atom is 0.323 e. The average Bonchev–Trinajstić information content (AvgIpc) is 3.17. The summed E-state index contributed by atoms with van der Waals surface area (Å²) in [5.41, 5.74) is -0.156. The summed E-state index contributed by atoms with van der Waals surface area (Å²) in [6, 6.07) is 5.55. The number of nitrogens with one attached hydrogen (secondary N) is 3. The van der Waals surface area contributed by atoms with Crippen molar-refractivity contribution >= 4 is 50.4 Å². The van der Waals surface area contributed by atoms with Crippen molar-refractivity contribution in [2.24, 2.45) is 0 Å². The Morgan fingerprint density at radius 2 is 1.89 bits per heavy atom. The smallest absolute Gasteiger partial charge is 0.323 e. The molecule has 1 heterocycles. The van der Waals surface area contributed by atoms with E-state index in [2.05, 4.69) is 16.0 Å². The molecule has 2 aromatic rings. The maximum absolute atomic E-state index is 13.5. The van der Waals surface area contributed by atoms with E-state index in [1.165, 1.54) is 24.3 Å². The van der Waals surface area contributed by atoms with Gasteiger partial charge in [0, 0.05) is 6.54 Å². The molecule has 1 fully saturated rings. The third-order valence-corrected chi connectivity index (χ3v) is 7.34. The van der Waals surface area contributed by atoms with Crippen LogP contribution in [0, 0.1) is 5.82 Å². The first-order chi connectivity index (χ1) is 13.2. The fraction of sp³-hybridized carbons (Fsp3) is 0.235. The van der Waals surface area contributed by atoms with E-state index in [9.17, 15) is 22.7 Å². The van der Waals surface area contributed by atoms with Crippen LogP contribution in [-0.2, 0) is 9.84 Å². The van der Waals surface area contributed by atoms with Crippen molar-refractivity contribution in [3.8, 4) is 5.75 Å². The minimum absolute atomic E-state index is 0.0116. The molecule has 11 heteroatoms. The zero-order valence-electron chi connectivity index (χ0n) is 14.3. The van der Waals surface area contributed by atoms with Crippen molar-refractivity contribution in [3.63, 3.8) is 0 Å². The average molecular weight is 448 g/mol. The summed E-state index contributed by atoms with van der Waals surface area (Å²) in [5, 5.41) is 16.9. The highest BCUT2D eigenvalue weighted by Gasteiger charge is 2.35. The van der Waals surface area contributed by atoms with Crippen LogP contribution in [0.15, 0.2) is 35.2 Å². The van der Waals surface area contributed by atoms with Gasteiger partial charge in [-0.1, -0.05) is 29.3 Å². The van der Waals surface area contributed by atoms with Crippen LogP contribution in [-0.4, -0.2) is 37.9 Å². The van der Waals surface area contributed by atoms with Gasteiger partial charge in [-0.3, -0.25) is 0 Å². The van der Waals surface area contributed by atoms with Crippen molar-refractivity contribution in [1.82, 2.24) is 5.32 Å². The van der Waals surface area contributed by atoms with Gasteiger partial charge in [0.25, 0.3) is 0 Å². The van der Waals surface area contributed by atoms with Crippen molar-refractivity contribution in [2.75, 3.05) is 23.7 Å². The molecule has 0 unspecified atom stereocenters. The van der Waals surface area contributed by atoms with Gasteiger partial charge >= 0.3 is 6.03 Å². The standard InChI is InChI=1S/C17H16Cl2FN3O4S/c18-10-4-5-13(15(24)16(10)28(26,27)9-6-7-21-8-9)23-17(25)22-12-3-1-2-11(20)14(12)19/h1-5,9,21,24H,6-8H2,(H2,22,23,25)/t9-/m0/s1. The Morgan fingerprint density at radius 3 is 2.57 bits per heavy atom. The number of benzene rings is 2. The van der Waals surface area contributed by atoms with Crippen molar-refractivity contribution in [2.45, 2.75) is 16.6 Å². The molecule has 2 amide bonds. The molecule has 0 aromatic heterocycles. The molecule has 2 aromatic carbocycles. The predicted octanol–water partition coefficient (Wildman–Crippen LogP) is 3.62. The topological polar surface area (TPSA) is 108 Å². The van der Waals surface area contributed by atoms with Crippen LogP contribution in [0.4, 0.5) is 20.6 Å². The lowest BCUT2D eigenvalue weighted by Crippen LogP contribution is -2.25. The molecule has 0 bridgehead atoms. The van der Waals surface area contributed by atoms with Crippen molar-refractivity contribution in [3.05, 3.63) is 46.2 Å². The minimum Gasteiger partial charge on any atom is -0.504 e. The van der Waals surface area contributed by atoms with Crippen molar-refractivity contribution in [1.29, 1.82) is 0 Å². The molecule has 0 aliphatic carbocycles. The van der Waals surface area contributed by atoms with Gasteiger partial charge in [-0.05, 0) is 37.2 Å². The van der Waals surface area contributed by atoms with Crippen LogP contribution in [0.3, 0.4) is 0 Å². The highest BCUT2D eigenvalue weighted by atomic mass is 35.5. The highest BCUT2D eigenvalue weighted by molar-refractivity contribution is 7.92. The summed E-state index contributed by atoms with van der Waals surface area (Å²) >= 11 is 11.8. The Hall–Kier alpha value is -2.07. The second kappa shape index (κ2) is 8.12. The van der Waals surface area contributed by atoms with Gasteiger partial charge in [0.1, 0.15) is 10.7 Å². The summed E-state index contributed by atoms with van der Waals surface area (Å²) in [4.78, 5) is 11.8. The Kier molecular flexibility index (Phi) is 5.99. The molecule has 1 aliphatic rings. The molecule has 28 heavy (non-hydrogen) atoms. The number of aromatic hydroxyl groups is 1. The van der Waals surface area contributed by atoms with E-state index < -0.39 is 37.6 Å². The number of sulfone groups is 1. The molecule has 4 N–H and O–H groups in total. The van der Waals surface area contributed by atoms with Gasteiger partial charge in [-0.2, -0.15) is 0 Å². The van der Waals surface area contributed by atoms with E-state index >= 15 is 0 Å². The Labute approximate surface area is 170 Å². The fourth-order valence-corrected chi connectivity index (χ4v) is 5.32. The Bertz CT molecular complexity index is 1030. The van der Waals surface area contributed by atoms with Gasteiger partial charge in [0.15, 0.2) is 15.6 Å². The maximum atomic E-state index is 13.5. The van der Waals surface area contributed by atoms with Crippen molar-refractivity contribution < 1.29 is 22.7 Å². The number of amides is 2. The fourth-order valence-electron chi connectivity index (χ4n) is 2.85. The summed E-state index contributed by atoms with van der Waals surface area (Å²) in [5.74, 6) is -1.38. The number of urea groups is 1. The van der Waals surface area contributed by atoms with Crippen LogP contribution in [0.2, 0.25) is 10.0 Å². The normalized spacial score (nSPS) is 16.8. The monoisotopic (exact) mass is 447 g/mol. The number of carbonyl (C=O) groups excluding carboxylic acids is 1. The number of phenolic OH excluding ortho intramolecular Hbond substituents is 1. The first-order valence-corrected chi connectivity index (χ1v) is 10.5. The quantitative estimate of drug-likeness (QED) is 0.535. The van der Waals surface area contributed by atoms with Gasteiger partial charge in [-0.25, -0.2) is 17.6 Å². The van der Waals surface area contributed by atoms with Gasteiger partial charge in [0.2, 0.25) is 0 Å². The predicted molar refractivity (Wildman–Crippen MR) is 106 cm³/mol. The number of hydrogen-bond acceptors (Lipinski definition) is 5. The highest BCUT2D eigenvalue weighted by Crippen LogP contribution is 2.39. The van der Waals surface area contributed by atoms with E-state index in [-0.39, 0.29) is 28.0 Å². The summed E-state index contributed by atoms with van der Waals surface area (Å²) in [6.45, 7) is 0.783. The molecule has 0 saturated carbocycles. The molecule has 150 valence electrons. The second-order valence-corrected chi connectivity index (χ2v) is 9.06. The SMILES string of the molecule is O=C(Nc1ccc(Cl)c(S(=O)(=O)[C@H]2CCNC2)c1O)Nc1cccc(F)c1Cl. The van der Waals surface area contributed by atoms with E-state index in [1.807, 2.05) is 0 Å². The molecule has 3 rings (SSSR count). The van der Waals surface area contributed by atoms with E-state index in [0.29, 0.717) is 13.0 Å². The Balaban J connectivity index is 1.87. The number of carbonyl (C=O) groups is 1. The molecule has 0 radical (unpaired) electrons. The van der Waals surface area contributed by atoms with E-state index in [1.54, 1.807) is 0 Å². The molecule has 7 nitrogen and oxygen atoms in total.